The van der Waals surface area contributed by atoms with Gasteiger partial charge in [0.2, 0.25) is 11.8 Å². The number of allylic oxidation sites excluding steroid dienone is 2. The molecule has 9 nitrogen and oxygen atoms in total. The van der Waals surface area contributed by atoms with E-state index < -0.39 is 52.7 Å². The highest BCUT2D eigenvalue weighted by Gasteiger charge is 2.70. The number of rotatable bonds is 5. The number of phenols is 1. The summed E-state index contributed by atoms with van der Waals surface area (Å²) in [4.78, 5) is 55.6. The molecule has 2 aliphatic carbocycles. The van der Waals surface area contributed by atoms with Gasteiger partial charge < -0.3 is 9.84 Å². The second kappa shape index (κ2) is 10.8. The summed E-state index contributed by atoms with van der Waals surface area (Å²) in [5, 5.41) is 15.7. The number of aromatic hydroxyl groups is 1. The number of fused-ring (bicyclic) bond motifs is 4. The normalized spacial score (nSPS) is 28.7. The molecule has 0 spiro atoms. The van der Waals surface area contributed by atoms with Gasteiger partial charge in [0, 0.05) is 21.5 Å². The molecular weight excluding hydrogens is 641 g/mol. The van der Waals surface area contributed by atoms with Crippen LogP contribution in [0.3, 0.4) is 0 Å². The number of hydrazine groups is 1. The van der Waals surface area contributed by atoms with Crippen LogP contribution in [0.1, 0.15) is 29.9 Å². The molecule has 0 aromatic heterocycles. The standard InChI is InChI=1S/C33H26Cl3N3O6/c1-45-18-6-2-15(3-7-18)33-23(31(43)39(32(33)44)38-25-10-4-17(35)13-24(25)36)14-21-19(8-9-20-27(21)30(42)37-29(20)41)28(33)22-12-16(34)5-11-26(22)40/h2-8,10-13,20-21,23,27-28,38,40H,9,14H2,1H3,(H,37,41,42). The third-order valence-corrected chi connectivity index (χ3v) is 10.5. The summed E-state index contributed by atoms with van der Waals surface area (Å²) in [7, 11) is 1.52. The zero-order valence-corrected chi connectivity index (χ0v) is 26.0. The van der Waals surface area contributed by atoms with Crippen LogP contribution < -0.4 is 15.5 Å². The van der Waals surface area contributed by atoms with Crippen LogP contribution >= 0.6 is 34.8 Å². The van der Waals surface area contributed by atoms with Gasteiger partial charge in [-0.05, 0) is 72.9 Å². The van der Waals surface area contributed by atoms with Crippen LogP contribution in [0, 0.1) is 23.7 Å². The van der Waals surface area contributed by atoms with E-state index in [9.17, 15) is 19.5 Å². The third-order valence-electron chi connectivity index (χ3n) is 9.72. The Morgan fingerprint density at radius 3 is 2.36 bits per heavy atom. The minimum Gasteiger partial charge on any atom is -0.508 e. The van der Waals surface area contributed by atoms with Crippen LogP contribution in [0.2, 0.25) is 15.1 Å². The Balaban J connectivity index is 1.49. The average molecular weight is 667 g/mol. The Morgan fingerprint density at radius 2 is 1.64 bits per heavy atom. The highest BCUT2D eigenvalue weighted by atomic mass is 35.5. The molecule has 3 fully saturated rings. The van der Waals surface area contributed by atoms with Crippen molar-refractivity contribution in [3.8, 4) is 11.5 Å². The van der Waals surface area contributed by atoms with Gasteiger partial charge in [0.1, 0.15) is 11.5 Å². The largest absolute Gasteiger partial charge is 0.508 e. The molecule has 6 unspecified atom stereocenters. The number of methoxy groups -OCH3 is 1. The number of halogens is 3. The minimum atomic E-state index is -1.59. The fourth-order valence-corrected chi connectivity index (χ4v) is 8.49. The monoisotopic (exact) mass is 665 g/mol. The van der Waals surface area contributed by atoms with Crippen molar-refractivity contribution in [3.05, 3.63) is 98.5 Å². The number of carbonyl (C=O) groups is 4. The summed E-state index contributed by atoms with van der Waals surface area (Å²) in [5.74, 6) is -5.30. The van der Waals surface area contributed by atoms with E-state index >= 15 is 4.79 Å². The van der Waals surface area contributed by atoms with Gasteiger partial charge in [-0.15, -0.1) is 0 Å². The summed E-state index contributed by atoms with van der Waals surface area (Å²) >= 11 is 19.0. The van der Waals surface area contributed by atoms with Crippen LogP contribution in [0.5, 0.6) is 11.5 Å². The van der Waals surface area contributed by atoms with Gasteiger partial charge in [-0.3, -0.25) is 29.9 Å². The highest BCUT2D eigenvalue weighted by Crippen LogP contribution is 2.64. The van der Waals surface area contributed by atoms with E-state index in [0.29, 0.717) is 32.5 Å². The minimum absolute atomic E-state index is 0.106. The second-order valence-corrected chi connectivity index (χ2v) is 13.0. The van der Waals surface area contributed by atoms with Crippen LogP contribution in [0.25, 0.3) is 0 Å². The van der Waals surface area contributed by atoms with E-state index in [2.05, 4.69) is 10.7 Å². The van der Waals surface area contributed by atoms with Crippen LogP contribution in [-0.2, 0) is 24.6 Å². The topological polar surface area (TPSA) is 125 Å². The second-order valence-electron chi connectivity index (χ2n) is 11.8. The molecule has 230 valence electrons. The Labute approximate surface area is 273 Å². The van der Waals surface area contributed by atoms with Gasteiger partial charge in [-0.25, -0.2) is 0 Å². The molecule has 2 saturated heterocycles. The SMILES string of the molecule is COc1ccc(C23C(=O)N(Nc4ccc(Cl)cc4Cl)C(=O)C2CC2C(=CCC4C(=O)NC(=O)C42)C3c2cc(Cl)ccc2O)cc1. The molecule has 0 radical (unpaired) electrons. The number of ether oxygens (including phenoxy) is 1. The lowest BCUT2D eigenvalue weighted by Gasteiger charge is -2.50. The van der Waals surface area contributed by atoms with E-state index in [1.54, 1.807) is 42.5 Å². The van der Waals surface area contributed by atoms with Crippen molar-refractivity contribution < 1.29 is 29.0 Å². The van der Waals surface area contributed by atoms with Gasteiger partial charge >= 0.3 is 0 Å². The molecule has 3 aromatic rings. The van der Waals surface area contributed by atoms with E-state index in [-0.39, 0.29) is 35.2 Å². The summed E-state index contributed by atoms with van der Waals surface area (Å²) in [5.41, 5.74) is 3.15. The Bertz CT molecular complexity index is 1830. The van der Waals surface area contributed by atoms with Gasteiger partial charge in [0.15, 0.2) is 0 Å². The van der Waals surface area contributed by atoms with Crippen molar-refractivity contribution in [3.63, 3.8) is 0 Å². The first-order chi connectivity index (χ1) is 21.6. The van der Waals surface area contributed by atoms with Crippen molar-refractivity contribution in [2.75, 3.05) is 12.5 Å². The fourth-order valence-electron chi connectivity index (χ4n) is 7.86. The summed E-state index contributed by atoms with van der Waals surface area (Å²) in [6.07, 6.45) is 2.26. The summed E-state index contributed by atoms with van der Waals surface area (Å²) < 4.78 is 5.39. The van der Waals surface area contributed by atoms with E-state index in [1.807, 2.05) is 6.08 Å². The molecule has 4 amide bonds. The molecule has 0 bridgehead atoms. The predicted molar refractivity (Wildman–Crippen MR) is 167 cm³/mol. The molecule has 2 aliphatic heterocycles. The molecule has 2 heterocycles. The van der Waals surface area contributed by atoms with Crippen LogP contribution in [0.15, 0.2) is 72.3 Å². The third kappa shape index (κ3) is 4.35. The molecule has 4 aliphatic rings. The number of imide groups is 2. The molecular formula is C33H26Cl3N3O6. The smallest absolute Gasteiger partial charge is 0.260 e. The quantitative estimate of drug-likeness (QED) is 0.238. The van der Waals surface area contributed by atoms with Gasteiger partial charge in [0.05, 0.1) is 41.0 Å². The molecule has 6 atom stereocenters. The van der Waals surface area contributed by atoms with Gasteiger partial charge in [-0.2, -0.15) is 5.01 Å². The van der Waals surface area contributed by atoms with Crippen molar-refractivity contribution in [1.29, 1.82) is 0 Å². The number of nitrogens with zero attached hydrogens (tertiary/aromatic N) is 1. The summed E-state index contributed by atoms with van der Waals surface area (Å²) in [6, 6.07) is 16.1. The lowest BCUT2D eigenvalue weighted by atomic mass is 9.49. The van der Waals surface area contributed by atoms with Crippen LogP contribution in [-0.4, -0.2) is 40.9 Å². The molecule has 12 heteroatoms. The maximum atomic E-state index is 15.1. The molecule has 3 N–H and O–H groups in total. The Morgan fingerprint density at radius 1 is 0.933 bits per heavy atom. The zero-order chi connectivity index (χ0) is 31.8. The molecule has 7 rings (SSSR count). The van der Waals surface area contributed by atoms with E-state index in [1.165, 1.54) is 25.3 Å². The van der Waals surface area contributed by atoms with Crippen molar-refractivity contribution in [1.82, 2.24) is 10.3 Å². The number of hydrogen-bond acceptors (Lipinski definition) is 7. The lowest BCUT2D eigenvalue weighted by Crippen LogP contribution is -2.53. The number of hydrogen-bond donors (Lipinski definition) is 3. The predicted octanol–water partition coefficient (Wildman–Crippen LogP) is 5.63. The van der Waals surface area contributed by atoms with Gasteiger partial charge in [0.25, 0.3) is 11.8 Å². The number of amides is 4. The first kappa shape index (κ1) is 29.6. The fraction of sp³-hybridized carbons (Fsp3) is 0.273. The molecule has 45 heavy (non-hydrogen) atoms. The van der Waals surface area contributed by atoms with Crippen molar-refractivity contribution >= 4 is 64.1 Å². The Hall–Kier alpha value is -4.05. The van der Waals surface area contributed by atoms with Gasteiger partial charge in [-0.1, -0.05) is 58.6 Å². The van der Waals surface area contributed by atoms with Crippen LogP contribution in [0.4, 0.5) is 5.69 Å². The Kier molecular flexibility index (Phi) is 7.11. The summed E-state index contributed by atoms with van der Waals surface area (Å²) in [6.45, 7) is 0. The first-order valence-corrected chi connectivity index (χ1v) is 15.5. The van der Waals surface area contributed by atoms with E-state index in [4.69, 9.17) is 39.5 Å². The van der Waals surface area contributed by atoms with Crippen molar-refractivity contribution in [2.45, 2.75) is 24.2 Å². The number of phenolic OH excluding ortho intramolecular Hbond substituents is 1. The number of carbonyl (C=O) groups excluding carboxylic acids is 4. The first-order valence-electron chi connectivity index (χ1n) is 14.3. The maximum Gasteiger partial charge on any atom is 0.260 e. The molecule has 3 aromatic carbocycles. The number of nitrogens with one attached hydrogen (secondary N) is 2. The number of anilines is 1. The maximum absolute atomic E-state index is 15.1. The average Bonchev–Trinajstić information content (AvgIpc) is 3.43. The number of benzene rings is 3. The van der Waals surface area contributed by atoms with E-state index in [0.717, 1.165) is 5.01 Å². The van der Waals surface area contributed by atoms with Crippen molar-refractivity contribution in [2.24, 2.45) is 23.7 Å². The lowest BCUT2D eigenvalue weighted by molar-refractivity contribution is -0.138. The highest BCUT2D eigenvalue weighted by molar-refractivity contribution is 6.36. The molecule has 1 saturated carbocycles. The zero-order valence-electron chi connectivity index (χ0n) is 23.7.